The van der Waals surface area contributed by atoms with E-state index in [1.807, 2.05) is 0 Å². The fourth-order valence-electron chi connectivity index (χ4n) is 4.98. The minimum absolute atomic E-state index is 0.0184. The van der Waals surface area contributed by atoms with Crippen LogP contribution >= 0.6 is 0 Å². The fourth-order valence-corrected chi connectivity index (χ4v) is 5.62. The highest BCUT2D eigenvalue weighted by atomic mass is 32.2. The molecule has 0 saturated heterocycles. The Morgan fingerprint density at radius 1 is 1.11 bits per heavy atom. The Bertz CT molecular complexity index is 1710. The van der Waals surface area contributed by atoms with Crippen molar-refractivity contribution >= 4 is 21.1 Å². The molecule has 4 aromatic rings. The summed E-state index contributed by atoms with van der Waals surface area (Å²) in [4.78, 5) is 13.9. The Kier molecular flexibility index (Phi) is 6.52. The Balaban J connectivity index is 1.70. The van der Waals surface area contributed by atoms with Gasteiger partial charge in [0.15, 0.2) is 0 Å². The van der Waals surface area contributed by atoms with E-state index in [0.29, 0.717) is 39.7 Å². The molecule has 2 N–H and O–H groups in total. The van der Waals surface area contributed by atoms with E-state index in [4.69, 9.17) is 5.10 Å². The number of hydrogen-bond donors (Lipinski definition) is 2. The molecule has 0 amide bonds. The molecular weight excluding hydrogens is 505 g/mol. The number of hydrogen-bond acceptors (Lipinski definition) is 6. The first-order valence-corrected chi connectivity index (χ1v) is 14.7. The second kappa shape index (κ2) is 9.55. The molecule has 200 valence electrons. The number of rotatable bonds is 5. The van der Waals surface area contributed by atoms with Crippen molar-refractivity contribution in [3.05, 3.63) is 81.4 Å². The third-order valence-electron chi connectivity index (χ3n) is 6.74. The van der Waals surface area contributed by atoms with Crippen molar-refractivity contribution in [2.75, 3.05) is 31.4 Å². The molecule has 1 atom stereocenters. The molecule has 1 aliphatic heterocycles. The van der Waals surface area contributed by atoms with Gasteiger partial charge in [0.25, 0.3) is 0 Å². The highest BCUT2D eigenvalue weighted by Gasteiger charge is 2.29. The summed E-state index contributed by atoms with van der Waals surface area (Å²) in [6.45, 7) is 6.30. The largest absolute Gasteiger partial charge is 0.386 e. The van der Waals surface area contributed by atoms with Crippen molar-refractivity contribution in [3.63, 3.8) is 0 Å². The minimum Gasteiger partial charge on any atom is -0.386 e. The standard InChI is InChI=1S/C27H32FN7O2S/c1-16-13-20(14-17(2)25(16)28)35-26(24-18(3)30-10-9-22(24)31-35)34-12-11-33(27(34)36)19-7-8-21(23(15-19)29-4)32-38(5,6)37/h7-8,11-15,18,29-30H,9-10H2,1-6H3/t18-/m0/s1. The topological polar surface area (TPSA) is 98.2 Å². The van der Waals surface area contributed by atoms with E-state index in [0.717, 1.165) is 24.2 Å². The van der Waals surface area contributed by atoms with Crippen LogP contribution in [0.25, 0.3) is 17.2 Å². The summed E-state index contributed by atoms with van der Waals surface area (Å²) in [7, 11) is -0.597. The molecule has 0 unspecified atom stereocenters. The van der Waals surface area contributed by atoms with E-state index in [9.17, 15) is 13.4 Å². The number of benzene rings is 2. The Hall–Kier alpha value is -3.70. The van der Waals surface area contributed by atoms with Gasteiger partial charge in [-0.2, -0.15) is 9.46 Å². The molecule has 38 heavy (non-hydrogen) atoms. The quantitative estimate of drug-likeness (QED) is 0.398. The van der Waals surface area contributed by atoms with Crippen LogP contribution in [0.5, 0.6) is 0 Å². The summed E-state index contributed by atoms with van der Waals surface area (Å²) in [5.41, 5.74) is 5.18. The molecule has 1 aliphatic rings. The van der Waals surface area contributed by atoms with Gasteiger partial charge in [-0.3, -0.25) is 9.13 Å². The van der Waals surface area contributed by atoms with Crippen LogP contribution in [0.4, 0.5) is 15.8 Å². The number of aromatic nitrogens is 4. The molecule has 9 nitrogen and oxygen atoms in total. The first-order valence-electron chi connectivity index (χ1n) is 12.4. The molecule has 3 heterocycles. The summed E-state index contributed by atoms with van der Waals surface area (Å²) in [6.07, 6.45) is 7.32. The maximum atomic E-state index is 14.4. The van der Waals surface area contributed by atoms with E-state index in [2.05, 4.69) is 21.9 Å². The van der Waals surface area contributed by atoms with Gasteiger partial charge in [0.05, 0.1) is 28.4 Å². The molecule has 0 fully saturated rings. The van der Waals surface area contributed by atoms with Gasteiger partial charge in [-0.05, 0) is 62.2 Å². The second-order valence-electron chi connectivity index (χ2n) is 9.96. The van der Waals surface area contributed by atoms with Crippen LogP contribution in [0.15, 0.2) is 51.9 Å². The molecule has 11 heteroatoms. The lowest BCUT2D eigenvalue weighted by Gasteiger charge is -2.21. The smallest absolute Gasteiger partial charge is 0.338 e. The van der Waals surface area contributed by atoms with Crippen molar-refractivity contribution < 1.29 is 8.60 Å². The summed E-state index contributed by atoms with van der Waals surface area (Å²) >= 11 is 0. The van der Waals surface area contributed by atoms with Crippen LogP contribution in [-0.2, 0) is 16.1 Å². The van der Waals surface area contributed by atoms with E-state index in [1.54, 1.807) is 89.9 Å². The molecule has 0 spiro atoms. The summed E-state index contributed by atoms with van der Waals surface area (Å²) in [5.74, 6) is 0.383. The number of aryl methyl sites for hydroxylation is 2. The van der Waals surface area contributed by atoms with Crippen molar-refractivity contribution in [2.45, 2.75) is 33.2 Å². The van der Waals surface area contributed by atoms with Crippen molar-refractivity contribution in [2.24, 2.45) is 4.36 Å². The molecule has 5 rings (SSSR count). The van der Waals surface area contributed by atoms with Gasteiger partial charge in [-0.25, -0.2) is 18.1 Å². The normalized spacial score (nSPS) is 15.4. The number of anilines is 1. The Morgan fingerprint density at radius 2 is 1.79 bits per heavy atom. The monoisotopic (exact) mass is 537 g/mol. The predicted octanol–water partition coefficient (Wildman–Crippen LogP) is 4.18. The lowest BCUT2D eigenvalue weighted by atomic mass is 10.0. The zero-order valence-corrected chi connectivity index (χ0v) is 23.2. The van der Waals surface area contributed by atoms with Crippen molar-refractivity contribution in [3.8, 4) is 17.2 Å². The third kappa shape index (κ3) is 4.56. The Morgan fingerprint density at radius 3 is 2.45 bits per heavy atom. The second-order valence-corrected chi connectivity index (χ2v) is 12.5. The Labute approximate surface area is 221 Å². The fraction of sp³-hybridized carbons (Fsp3) is 0.333. The van der Waals surface area contributed by atoms with Gasteiger partial charge in [-0.1, -0.05) is 0 Å². The van der Waals surface area contributed by atoms with E-state index < -0.39 is 9.73 Å². The van der Waals surface area contributed by atoms with Crippen molar-refractivity contribution in [1.29, 1.82) is 0 Å². The van der Waals surface area contributed by atoms with Gasteiger partial charge in [-0.15, -0.1) is 0 Å². The number of nitrogens with one attached hydrogen (secondary N) is 2. The van der Waals surface area contributed by atoms with Gasteiger partial charge in [0, 0.05) is 66.3 Å². The first kappa shape index (κ1) is 25.9. The molecule has 0 saturated carbocycles. The van der Waals surface area contributed by atoms with Crippen LogP contribution in [0.2, 0.25) is 0 Å². The molecule has 2 aromatic carbocycles. The lowest BCUT2D eigenvalue weighted by molar-refractivity contribution is 0.536. The van der Waals surface area contributed by atoms with Gasteiger partial charge in [0.1, 0.15) is 11.6 Å². The number of imidazole rings is 1. The minimum atomic E-state index is -2.35. The lowest BCUT2D eigenvalue weighted by Crippen LogP contribution is -2.30. The number of fused-ring (bicyclic) bond motifs is 1. The molecular formula is C27H32FN7O2S. The maximum Gasteiger partial charge on any atom is 0.338 e. The first-order chi connectivity index (χ1) is 18.0. The third-order valence-corrected chi connectivity index (χ3v) is 7.37. The molecule has 0 radical (unpaired) electrons. The van der Waals surface area contributed by atoms with Crippen LogP contribution in [-0.4, -0.2) is 49.2 Å². The highest BCUT2D eigenvalue weighted by molar-refractivity contribution is 7.92. The predicted molar refractivity (Wildman–Crippen MR) is 150 cm³/mol. The SMILES string of the molecule is CNc1cc(-n2ccn(-c3c4c(nn3-c3cc(C)c(F)c(C)c3)CCN[C@H]4C)c2=O)ccc1N=S(C)(C)=O. The van der Waals surface area contributed by atoms with Crippen LogP contribution in [0.1, 0.15) is 35.3 Å². The number of halogens is 1. The molecule has 2 aromatic heterocycles. The van der Waals surface area contributed by atoms with Gasteiger partial charge in [0.2, 0.25) is 0 Å². The van der Waals surface area contributed by atoms with Crippen LogP contribution in [0, 0.1) is 19.7 Å². The van der Waals surface area contributed by atoms with Gasteiger partial charge >= 0.3 is 5.69 Å². The zero-order chi connectivity index (χ0) is 27.4. The van der Waals surface area contributed by atoms with Crippen LogP contribution < -0.4 is 16.3 Å². The average molecular weight is 538 g/mol. The number of nitrogens with zero attached hydrogens (tertiary/aromatic N) is 5. The zero-order valence-electron chi connectivity index (χ0n) is 22.4. The van der Waals surface area contributed by atoms with E-state index in [-0.39, 0.29) is 17.5 Å². The van der Waals surface area contributed by atoms with E-state index >= 15 is 0 Å². The highest BCUT2D eigenvalue weighted by Crippen LogP contribution is 2.32. The maximum absolute atomic E-state index is 14.4. The van der Waals surface area contributed by atoms with Gasteiger partial charge < -0.3 is 10.6 Å². The van der Waals surface area contributed by atoms with Crippen molar-refractivity contribution in [1.82, 2.24) is 24.2 Å². The van der Waals surface area contributed by atoms with E-state index in [1.165, 1.54) is 0 Å². The molecule has 0 aliphatic carbocycles. The van der Waals surface area contributed by atoms with Crippen LogP contribution in [0.3, 0.4) is 0 Å². The summed E-state index contributed by atoms with van der Waals surface area (Å²) in [6, 6.07) is 8.82. The average Bonchev–Trinajstić information content (AvgIpc) is 3.42. The summed E-state index contributed by atoms with van der Waals surface area (Å²) in [5, 5.41) is 11.4. The molecule has 0 bridgehead atoms. The summed E-state index contributed by atoms with van der Waals surface area (Å²) < 4.78 is 35.9.